The summed E-state index contributed by atoms with van der Waals surface area (Å²) in [7, 11) is 0. The molecule has 0 saturated carbocycles. The number of Topliss-reactive ketones (excluding diaryl/α,β-unsaturated/α-hetero) is 1. The Balaban J connectivity index is 2.46. The number of benzene rings is 1. The first-order valence-electron chi connectivity index (χ1n) is 8.53. The lowest BCUT2D eigenvalue weighted by molar-refractivity contribution is 0.0915. The van der Waals surface area contributed by atoms with Gasteiger partial charge < -0.3 is 9.84 Å². The number of aromatic hydroxyl groups is 1. The van der Waals surface area contributed by atoms with Crippen molar-refractivity contribution >= 4 is 17.4 Å². The Morgan fingerprint density at radius 3 is 2.63 bits per heavy atom. The van der Waals surface area contributed by atoms with Gasteiger partial charge >= 0.3 is 0 Å². The van der Waals surface area contributed by atoms with Crippen molar-refractivity contribution in [3.63, 3.8) is 0 Å². The van der Waals surface area contributed by atoms with Crippen molar-refractivity contribution < 1.29 is 14.6 Å². The van der Waals surface area contributed by atoms with E-state index in [0.29, 0.717) is 17.2 Å². The Kier molecular flexibility index (Phi) is 6.29. The maximum absolute atomic E-state index is 12.7. The van der Waals surface area contributed by atoms with Crippen molar-refractivity contribution in [3.8, 4) is 17.7 Å². The number of ether oxygens (including phenoxy) is 1. The average Bonchev–Trinajstić information content (AvgIpc) is 2.61. The van der Waals surface area contributed by atoms with E-state index in [1.807, 2.05) is 13.0 Å². The number of hydrogen-bond acceptors (Lipinski definition) is 5. The molecule has 0 saturated heterocycles. The van der Waals surface area contributed by atoms with E-state index < -0.39 is 17.2 Å². The minimum Gasteiger partial charge on any atom is -0.494 e. The standard InChI is InChI=1S/C20H21ClN2O4/c1-5-12(3)23-19(25)15(9-22)13(4)18(20(23)26)16(24)10-27-17-7-6-14(21)8-11(17)2/h6-8,12,26H,5,10H2,1-4H3. The summed E-state index contributed by atoms with van der Waals surface area (Å²) in [6, 6.07) is 6.49. The van der Waals surface area contributed by atoms with Gasteiger partial charge in [0.2, 0.25) is 11.7 Å². The zero-order valence-corrected chi connectivity index (χ0v) is 16.4. The Labute approximate surface area is 162 Å². The molecule has 1 aromatic heterocycles. The first-order chi connectivity index (χ1) is 12.7. The number of aromatic nitrogens is 1. The quantitative estimate of drug-likeness (QED) is 0.757. The van der Waals surface area contributed by atoms with E-state index in [1.54, 1.807) is 32.0 Å². The highest BCUT2D eigenvalue weighted by Crippen LogP contribution is 2.27. The summed E-state index contributed by atoms with van der Waals surface area (Å²) in [6.07, 6.45) is 0.551. The van der Waals surface area contributed by atoms with Crippen molar-refractivity contribution in [2.45, 2.75) is 40.2 Å². The molecule has 1 N–H and O–H groups in total. The van der Waals surface area contributed by atoms with Gasteiger partial charge in [0.1, 0.15) is 17.4 Å². The molecule has 142 valence electrons. The summed E-state index contributed by atoms with van der Waals surface area (Å²) >= 11 is 5.91. The van der Waals surface area contributed by atoms with E-state index in [-0.39, 0.29) is 29.3 Å². The van der Waals surface area contributed by atoms with Gasteiger partial charge in [-0.15, -0.1) is 0 Å². The van der Waals surface area contributed by atoms with Gasteiger partial charge in [-0.25, -0.2) is 0 Å². The molecule has 0 radical (unpaired) electrons. The van der Waals surface area contributed by atoms with E-state index in [2.05, 4.69) is 0 Å². The molecule has 0 spiro atoms. The monoisotopic (exact) mass is 388 g/mol. The Morgan fingerprint density at radius 1 is 1.41 bits per heavy atom. The fourth-order valence-corrected chi connectivity index (χ4v) is 3.06. The maximum Gasteiger partial charge on any atom is 0.271 e. The third-order valence-corrected chi connectivity index (χ3v) is 4.79. The molecule has 2 rings (SSSR count). The number of carbonyl (C=O) groups excluding carboxylic acids is 1. The number of nitriles is 1. The number of ketones is 1. The molecule has 0 aliphatic heterocycles. The van der Waals surface area contributed by atoms with E-state index >= 15 is 0 Å². The van der Waals surface area contributed by atoms with Crippen LogP contribution < -0.4 is 10.3 Å². The largest absolute Gasteiger partial charge is 0.494 e. The molecule has 7 heteroatoms. The normalized spacial score (nSPS) is 11.7. The van der Waals surface area contributed by atoms with Crippen LogP contribution in [0, 0.1) is 25.2 Å². The van der Waals surface area contributed by atoms with E-state index in [4.69, 9.17) is 16.3 Å². The summed E-state index contributed by atoms with van der Waals surface area (Å²) in [6.45, 7) is 6.50. The minimum atomic E-state index is -0.604. The van der Waals surface area contributed by atoms with Gasteiger partial charge in [-0.2, -0.15) is 5.26 Å². The topological polar surface area (TPSA) is 92.3 Å². The van der Waals surface area contributed by atoms with Crippen LogP contribution in [0.1, 0.15) is 53.4 Å². The predicted molar refractivity (Wildman–Crippen MR) is 103 cm³/mol. The van der Waals surface area contributed by atoms with Gasteiger partial charge in [-0.3, -0.25) is 14.2 Å². The molecule has 0 aliphatic rings. The fourth-order valence-electron chi connectivity index (χ4n) is 2.84. The molecule has 27 heavy (non-hydrogen) atoms. The Bertz CT molecular complexity index is 989. The van der Waals surface area contributed by atoms with Gasteiger partial charge in [0.15, 0.2) is 6.61 Å². The van der Waals surface area contributed by atoms with Crippen molar-refractivity contribution in [2.24, 2.45) is 0 Å². The van der Waals surface area contributed by atoms with Crippen LogP contribution in [0.3, 0.4) is 0 Å². The number of carbonyl (C=O) groups is 1. The van der Waals surface area contributed by atoms with Crippen LogP contribution in [0.15, 0.2) is 23.0 Å². The number of pyridine rings is 1. The van der Waals surface area contributed by atoms with Crippen molar-refractivity contribution in [3.05, 3.63) is 55.8 Å². The second-order valence-electron chi connectivity index (χ2n) is 6.36. The fraction of sp³-hybridized carbons (Fsp3) is 0.350. The average molecular weight is 389 g/mol. The highest BCUT2D eigenvalue weighted by atomic mass is 35.5. The molecule has 0 aliphatic carbocycles. The van der Waals surface area contributed by atoms with E-state index in [1.165, 1.54) is 6.92 Å². The van der Waals surface area contributed by atoms with Crippen molar-refractivity contribution in [1.29, 1.82) is 5.26 Å². The van der Waals surface area contributed by atoms with Crippen LogP contribution in [-0.2, 0) is 0 Å². The van der Waals surface area contributed by atoms with Crippen LogP contribution in [0.25, 0.3) is 0 Å². The SMILES string of the molecule is CCC(C)n1c(O)c(C(=O)COc2ccc(Cl)cc2C)c(C)c(C#N)c1=O. The Morgan fingerprint density at radius 2 is 2.07 bits per heavy atom. The van der Waals surface area contributed by atoms with Crippen molar-refractivity contribution in [1.82, 2.24) is 4.57 Å². The first kappa shape index (κ1) is 20.5. The lowest BCUT2D eigenvalue weighted by Crippen LogP contribution is -2.29. The third-order valence-electron chi connectivity index (χ3n) is 4.55. The highest BCUT2D eigenvalue weighted by molar-refractivity contribution is 6.30. The summed E-state index contributed by atoms with van der Waals surface area (Å²) in [5.41, 5.74) is 0.0876. The summed E-state index contributed by atoms with van der Waals surface area (Å²) < 4.78 is 6.65. The zero-order valence-electron chi connectivity index (χ0n) is 15.7. The number of aryl methyl sites for hydroxylation is 1. The van der Waals surface area contributed by atoms with E-state index in [9.17, 15) is 20.0 Å². The summed E-state index contributed by atoms with van der Waals surface area (Å²) in [5, 5.41) is 20.5. The molecule has 1 unspecified atom stereocenters. The van der Waals surface area contributed by atoms with Gasteiger partial charge in [0.05, 0.1) is 5.56 Å². The first-order valence-corrected chi connectivity index (χ1v) is 8.90. The van der Waals surface area contributed by atoms with Gasteiger partial charge in [-0.05, 0) is 56.5 Å². The number of rotatable bonds is 6. The molecule has 0 fully saturated rings. The van der Waals surface area contributed by atoms with Gasteiger partial charge in [0.25, 0.3) is 5.56 Å². The molecular weight excluding hydrogens is 368 g/mol. The predicted octanol–water partition coefficient (Wildman–Crippen LogP) is 3.93. The number of hydrogen-bond donors (Lipinski definition) is 1. The molecule has 1 aromatic carbocycles. The zero-order chi connectivity index (χ0) is 20.3. The second-order valence-corrected chi connectivity index (χ2v) is 6.80. The van der Waals surface area contributed by atoms with E-state index in [0.717, 1.165) is 10.1 Å². The van der Waals surface area contributed by atoms with Crippen LogP contribution in [0.4, 0.5) is 0 Å². The minimum absolute atomic E-state index is 0.0712. The van der Waals surface area contributed by atoms with Crippen molar-refractivity contribution in [2.75, 3.05) is 6.61 Å². The molecule has 1 heterocycles. The van der Waals surface area contributed by atoms with Crippen LogP contribution in [0.5, 0.6) is 11.6 Å². The molecule has 0 amide bonds. The summed E-state index contributed by atoms with van der Waals surface area (Å²) in [4.78, 5) is 25.2. The highest BCUT2D eigenvalue weighted by Gasteiger charge is 2.26. The molecule has 6 nitrogen and oxygen atoms in total. The van der Waals surface area contributed by atoms with Crippen LogP contribution >= 0.6 is 11.6 Å². The van der Waals surface area contributed by atoms with Crippen LogP contribution in [0.2, 0.25) is 5.02 Å². The van der Waals surface area contributed by atoms with Crippen LogP contribution in [-0.4, -0.2) is 22.1 Å². The molecule has 2 aromatic rings. The maximum atomic E-state index is 12.7. The molecule has 1 atom stereocenters. The lowest BCUT2D eigenvalue weighted by atomic mass is 10.0. The second kappa shape index (κ2) is 8.28. The van der Waals surface area contributed by atoms with Gasteiger partial charge in [-0.1, -0.05) is 18.5 Å². The number of halogens is 1. The molecule has 0 bridgehead atoms. The van der Waals surface area contributed by atoms with Gasteiger partial charge in [0, 0.05) is 11.1 Å². The number of nitrogens with zero attached hydrogens (tertiary/aromatic N) is 2. The smallest absolute Gasteiger partial charge is 0.271 e. The lowest BCUT2D eigenvalue weighted by Gasteiger charge is -2.19. The Hall–Kier alpha value is -2.78. The summed E-state index contributed by atoms with van der Waals surface area (Å²) in [5.74, 6) is -0.471. The third kappa shape index (κ3) is 3.99. The molecular formula is C20H21ClN2O4.